The Kier molecular flexibility index (Phi) is 13.2. The minimum absolute atomic E-state index is 0.0456. The number of esters is 1. The van der Waals surface area contributed by atoms with Crippen molar-refractivity contribution in [3.8, 4) is 0 Å². The smallest absolute Gasteiger partial charge is 0.355 e. The van der Waals surface area contributed by atoms with Crippen molar-refractivity contribution in [2.45, 2.75) is 117 Å². The van der Waals surface area contributed by atoms with E-state index in [0.29, 0.717) is 28.8 Å². The Bertz CT molecular complexity index is 2370. The largest absolute Gasteiger partial charge is 0.461 e. The van der Waals surface area contributed by atoms with E-state index >= 15 is 0 Å². The zero-order valence-electron chi connectivity index (χ0n) is 37.0. The van der Waals surface area contributed by atoms with Crippen LogP contribution >= 0.6 is 0 Å². The van der Waals surface area contributed by atoms with Crippen molar-refractivity contribution >= 4 is 49.4 Å². The van der Waals surface area contributed by atoms with Crippen molar-refractivity contribution in [1.82, 2.24) is 24.1 Å². The van der Waals surface area contributed by atoms with Crippen LogP contribution in [-0.4, -0.2) is 85.6 Å². The van der Waals surface area contributed by atoms with Crippen LogP contribution in [0.4, 0.5) is 11.4 Å². The Balaban J connectivity index is 0.000000226. The lowest BCUT2D eigenvalue weighted by molar-refractivity contribution is 0.0519. The van der Waals surface area contributed by atoms with Gasteiger partial charge in [-0.3, -0.25) is 4.31 Å². The topological polar surface area (TPSA) is 146 Å². The number of anilines is 2. The molecule has 0 radical (unpaired) electrons. The molecule has 2 fully saturated rings. The molecule has 5 heterocycles. The number of sulfonamides is 1. The predicted octanol–water partition coefficient (Wildman–Crippen LogP) is 8.51. The fourth-order valence-electron chi connectivity index (χ4n) is 8.29. The van der Waals surface area contributed by atoms with E-state index in [1.165, 1.54) is 22.7 Å². The molecule has 59 heavy (non-hydrogen) atoms. The Morgan fingerprint density at radius 1 is 0.847 bits per heavy atom. The third-order valence-electron chi connectivity index (χ3n) is 11.5. The van der Waals surface area contributed by atoms with Crippen molar-refractivity contribution in [1.29, 1.82) is 0 Å². The molecule has 0 bridgehead atoms. The Hall–Kier alpha value is -4.40. The predicted molar refractivity (Wildman–Crippen MR) is 235 cm³/mol. The molecule has 13 nitrogen and oxygen atoms in total. The Morgan fingerprint density at radius 2 is 1.34 bits per heavy atom. The molecule has 14 heteroatoms. The maximum absolute atomic E-state index is 13.7. The van der Waals surface area contributed by atoms with Gasteiger partial charge in [-0.2, -0.15) is 0 Å². The second kappa shape index (κ2) is 17.7. The number of benzene rings is 2. The van der Waals surface area contributed by atoms with Gasteiger partial charge in [-0.05, 0) is 94.7 Å². The second-order valence-corrected chi connectivity index (χ2v) is 20.0. The molecule has 0 aliphatic carbocycles. The van der Waals surface area contributed by atoms with Crippen LogP contribution in [-0.2, 0) is 48.2 Å². The average molecular weight is 832 g/mol. The average Bonchev–Trinajstić information content (AvgIpc) is 3.85. The molecule has 322 valence electrons. The molecule has 0 atom stereocenters. The first-order valence-corrected chi connectivity index (χ1v) is 22.5. The van der Waals surface area contributed by atoms with E-state index < -0.39 is 16.0 Å². The first-order valence-electron chi connectivity index (χ1n) is 21.0. The third-order valence-corrected chi connectivity index (χ3v) is 13.6. The van der Waals surface area contributed by atoms with Crippen LogP contribution in [0.25, 0.3) is 22.1 Å². The van der Waals surface area contributed by atoms with Gasteiger partial charge in [0.2, 0.25) is 0 Å². The summed E-state index contributed by atoms with van der Waals surface area (Å²) in [5.41, 5.74) is 6.46. The number of carbonyl (C=O) groups is 1. The molecular formula is C45H65N7O6S. The second-order valence-electron chi connectivity index (χ2n) is 18.1. The van der Waals surface area contributed by atoms with Crippen molar-refractivity contribution < 1.29 is 27.4 Å². The summed E-state index contributed by atoms with van der Waals surface area (Å²) < 4.78 is 49.5. The third kappa shape index (κ3) is 9.49. The quantitative estimate of drug-likeness (QED) is 0.132. The number of hydrogen-bond donors (Lipinski definition) is 2. The summed E-state index contributed by atoms with van der Waals surface area (Å²) in [6, 6.07) is 12.1. The highest BCUT2D eigenvalue weighted by molar-refractivity contribution is 7.93. The summed E-state index contributed by atoms with van der Waals surface area (Å²) in [6.45, 7) is 23.6. The number of rotatable bonds is 10. The minimum atomic E-state index is -3.96. The monoisotopic (exact) mass is 831 g/mol. The molecule has 2 aromatic carbocycles. The van der Waals surface area contributed by atoms with Crippen molar-refractivity contribution in [2.24, 2.45) is 11.8 Å². The first kappa shape index (κ1) is 44.2. The highest BCUT2D eigenvalue weighted by Gasteiger charge is 2.32. The lowest BCUT2D eigenvalue weighted by atomic mass is 9.94. The number of nitrogens with one attached hydrogen (secondary N) is 2. The number of nitrogens with zero attached hydrogens (tertiary/aromatic N) is 5. The maximum atomic E-state index is 13.7. The molecular weight excluding hydrogens is 767 g/mol. The van der Waals surface area contributed by atoms with Gasteiger partial charge in [0, 0.05) is 81.4 Å². The lowest BCUT2D eigenvalue weighted by Crippen LogP contribution is -2.27. The number of aromatic amines is 1. The van der Waals surface area contributed by atoms with E-state index in [4.69, 9.17) is 24.2 Å². The molecule has 0 saturated carbocycles. The Morgan fingerprint density at radius 3 is 1.81 bits per heavy atom. The normalized spacial score (nSPS) is 16.0. The lowest BCUT2D eigenvalue weighted by Gasteiger charge is -2.26. The number of H-pyrrole nitrogens is 1. The number of imidazole rings is 2. The van der Waals surface area contributed by atoms with Crippen LogP contribution in [0.2, 0.25) is 0 Å². The van der Waals surface area contributed by atoms with Crippen molar-refractivity contribution in [2.75, 3.05) is 56.8 Å². The number of aryl methyl sites for hydroxylation is 1. The summed E-state index contributed by atoms with van der Waals surface area (Å²) in [7, 11) is -0.485. The number of hydrogen-bond acceptors (Lipinski definition) is 9. The molecule has 2 N–H and O–H groups in total. The highest BCUT2D eigenvalue weighted by atomic mass is 32.2. The van der Waals surface area contributed by atoms with Crippen LogP contribution < -0.4 is 9.62 Å². The fourth-order valence-corrected chi connectivity index (χ4v) is 9.88. The summed E-state index contributed by atoms with van der Waals surface area (Å²) >= 11 is 0. The zero-order valence-corrected chi connectivity index (χ0v) is 37.8. The van der Waals surface area contributed by atoms with E-state index in [2.05, 4.69) is 79.2 Å². The van der Waals surface area contributed by atoms with E-state index in [9.17, 15) is 13.2 Å². The van der Waals surface area contributed by atoms with Crippen LogP contribution in [0, 0.1) is 25.7 Å². The number of carbonyl (C=O) groups excluding carboxylic acids is 1. The molecule has 2 saturated heterocycles. The van der Waals surface area contributed by atoms with Gasteiger partial charge in [-0.1, -0.05) is 41.5 Å². The summed E-state index contributed by atoms with van der Waals surface area (Å²) in [5, 5.41) is 3.20. The highest BCUT2D eigenvalue weighted by Crippen LogP contribution is 2.35. The molecule has 5 aromatic rings. The van der Waals surface area contributed by atoms with Gasteiger partial charge in [0.15, 0.2) is 0 Å². The van der Waals surface area contributed by atoms with Gasteiger partial charge in [-0.15, -0.1) is 0 Å². The molecule has 0 spiro atoms. The summed E-state index contributed by atoms with van der Waals surface area (Å²) in [5.74, 6) is 2.80. The number of fused-ring (bicyclic) bond motifs is 2. The van der Waals surface area contributed by atoms with E-state index in [-0.39, 0.29) is 28.0 Å². The van der Waals surface area contributed by atoms with E-state index in [1.54, 1.807) is 20.8 Å². The van der Waals surface area contributed by atoms with Gasteiger partial charge in [0.1, 0.15) is 22.2 Å². The van der Waals surface area contributed by atoms with Crippen LogP contribution in [0.3, 0.4) is 0 Å². The standard InChI is InChI=1S/C27H38N4O5S.C18H27N3O/c1-8-36-25(32)23-17(2)24(18(3)28-23)37(33,34)30(7)20-9-10-22-21(15-20)29-26(27(4,5)6)31(22)16-19-11-13-35-14-12-19;1-18(2,3)17-20-15-11-14(19-4)5-6-16(15)21(17)12-13-7-9-22-10-8-13/h9-10,15,19,28H,8,11-14,16H2,1-7H3;5-6,11,13,19H,7-10,12H2,1-4H3. The summed E-state index contributed by atoms with van der Waals surface area (Å²) in [4.78, 5) is 25.2. The zero-order chi connectivity index (χ0) is 42.9. The van der Waals surface area contributed by atoms with Crippen LogP contribution in [0.15, 0.2) is 41.3 Å². The maximum Gasteiger partial charge on any atom is 0.355 e. The number of aromatic nitrogens is 5. The molecule has 7 rings (SSSR count). The van der Waals surface area contributed by atoms with Gasteiger partial charge >= 0.3 is 5.97 Å². The van der Waals surface area contributed by atoms with Crippen LogP contribution in [0.5, 0.6) is 0 Å². The fraction of sp³-hybridized carbons (Fsp3) is 0.578. The SMILES string of the molecule is CCOC(=O)c1[nH]c(C)c(S(=O)(=O)N(C)c2ccc3c(c2)nc(C(C)(C)C)n3CC2CCOCC2)c1C.CNc1ccc2c(c1)nc(C(C)(C)C)n2CC1CCOCC1. The van der Waals surface area contributed by atoms with Crippen LogP contribution in [0.1, 0.15) is 108 Å². The van der Waals surface area contributed by atoms with Gasteiger partial charge in [-0.25, -0.2) is 23.2 Å². The minimum Gasteiger partial charge on any atom is -0.461 e. The van der Waals surface area contributed by atoms with E-state index in [1.807, 2.05) is 25.2 Å². The van der Waals surface area contributed by atoms with E-state index in [0.717, 1.165) is 93.3 Å². The van der Waals surface area contributed by atoms with Crippen molar-refractivity contribution in [3.63, 3.8) is 0 Å². The number of ether oxygens (including phenoxy) is 3. The Labute approximate surface area is 350 Å². The molecule has 2 aliphatic heterocycles. The van der Waals surface area contributed by atoms with Gasteiger partial charge in [0.05, 0.1) is 34.4 Å². The summed E-state index contributed by atoms with van der Waals surface area (Å²) in [6.07, 6.45) is 4.34. The van der Waals surface area contributed by atoms with Gasteiger partial charge in [0.25, 0.3) is 10.0 Å². The first-order chi connectivity index (χ1) is 27.8. The molecule has 0 unspecified atom stereocenters. The molecule has 2 aliphatic rings. The van der Waals surface area contributed by atoms with Gasteiger partial charge < -0.3 is 33.6 Å². The molecule has 3 aromatic heterocycles. The van der Waals surface area contributed by atoms with Crippen molar-refractivity contribution in [3.05, 3.63) is 65.0 Å². The molecule has 0 amide bonds.